The van der Waals surface area contributed by atoms with Crippen LogP contribution in [-0.4, -0.2) is 19.0 Å². The zero-order valence-electron chi connectivity index (χ0n) is 10.5. The molecule has 2 N–H and O–H groups in total. The standard InChI is InChI=1S/C13H19FN2O/c1-4-15-8-10(3)13(17)16-11-6-5-9(2)12(14)7-11/h5-7,10,15H,4,8H2,1-3H3,(H,16,17). The Morgan fingerprint density at radius 2 is 2.18 bits per heavy atom. The Hall–Kier alpha value is -1.42. The first-order chi connectivity index (χ1) is 8.04. The highest BCUT2D eigenvalue weighted by Gasteiger charge is 2.12. The van der Waals surface area contributed by atoms with Crippen molar-refractivity contribution in [1.82, 2.24) is 5.32 Å². The molecule has 94 valence electrons. The molecule has 0 radical (unpaired) electrons. The van der Waals surface area contributed by atoms with Crippen molar-refractivity contribution in [3.05, 3.63) is 29.6 Å². The maximum absolute atomic E-state index is 13.3. The highest BCUT2D eigenvalue weighted by Crippen LogP contribution is 2.14. The van der Waals surface area contributed by atoms with Crippen LogP contribution in [0.15, 0.2) is 18.2 Å². The average Bonchev–Trinajstić information content (AvgIpc) is 2.30. The Morgan fingerprint density at radius 1 is 1.47 bits per heavy atom. The Labute approximate surface area is 101 Å². The van der Waals surface area contributed by atoms with E-state index >= 15 is 0 Å². The Balaban J connectivity index is 2.58. The summed E-state index contributed by atoms with van der Waals surface area (Å²) < 4.78 is 13.3. The summed E-state index contributed by atoms with van der Waals surface area (Å²) in [5.74, 6) is -0.546. The van der Waals surface area contributed by atoms with Gasteiger partial charge in [0.2, 0.25) is 5.91 Å². The second-order valence-corrected chi connectivity index (χ2v) is 4.16. The normalized spacial score (nSPS) is 12.2. The van der Waals surface area contributed by atoms with Gasteiger partial charge in [-0.3, -0.25) is 4.79 Å². The van der Waals surface area contributed by atoms with Crippen LogP contribution in [0.1, 0.15) is 19.4 Å². The van der Waals surface area contributed by atoms with E-state index < -0.39 is 0 Å². The van der Waals surface area contributed by atoms with Crippen molar-refractivity contribution in [2.24, 2.45) is 5.92 Å². The molecule has 3 nitrogen and oxygen atoms in total. The molecule has 1 unspecified atom stereocenters. The van der Waals surface area contributed by atoms with E-state index in [4.69, 9.17) is 0 Å². The Kier molecular flexibility index (Phi) is 5.10. The largest absolute Gasteiger partial charge is 0.326 e. The number of aryl methyl sites for hydroxylation is 1. The van der Waals surface area contributed by atoms with Gasteiger partial charge in [-0.25, -0.2) is 4.39 Å². The summed E-state index contributed by atoms with van der Waals surface area (Å²) in [5.41, 5.74) is 1.07. The number of rotatable bonds is 5. The van der Waals surface area contributed by atoms with E-state index in [9.17, 15) is 9.18 Å². The molecule has 0 fully saturated rings. The van der Waals surface area contributed by atoms with Crippen LogP contribution in [0.3, 0.4) is 0 Å². The fourth-order valence-corrected chi connectivity index (χ4v) is 1.39. The van der Waals surface area contributed by atoms with Crippen molar-refractivity contribution in [2.75, 3.05) is 18.4 Å². The van der Waals surface area contributed by atoms with Gasteiger partial charge in [0.05, 0.1) is 0 Å². The third kappa shape index (κ3) is 4.15. The van der Waals surface area contributed by atoms with Gasteiger partial charge >= 0.3 is 0 Å². The summed E-state index contributed by atoms with van der Waals surface area (Å²) in [4.78, 5) is 11.7. The van der Waals surface area contributed by atoms with Gasteiger partial charge in [-0.1, -0.05) is 19.9 Å². The first-order valence-electron chi connectivity index (χ1n) is 5.82. The fraction of sp³-hybridized carbons (Fsp3) is 0.462. The van der Waals surface area contributed by atoms with Gasteiger partial charge < -0.3 is 10.6 Å². The summed E-state index contributed by atoms with van der Waals surface area (Å²) in [6.07, 6.45) is 0. The average molecular weight is 238 g/mol. The van der Waals surface area contributed by atoms with Crippen molar-refractivity contribution in [2.45, 2.75) is 20.8 Å². The van der Waals surface area contributed by atoms with Gasteiger partial charge in [0.1, 0.15) is 5.82 Å². The summed E-state index contributed by atoms with van der Waals surface area (Å²) >= 11 is 0. The van der Waals surface area contributed by atoms with Crippen molar-refractivity contribution >= 4 is 11.6 Å². The summed E-state index contributed by atoms with van der Waals surface area (Å²) in [6, 6.07) is 4.70. The second-order valence-electron chi connectivity index (χ2n) is 4.16. The van der Waals surface area contributed by atoms with Gasteiger partial charge in [-0.2, -0.15) is 0 Å². The second kappa shape index (κ2) is 6.35. The fourth-order valence-electron chi connectivity index (χ4n) is 1.39. The lowest BCUT2D eigenvalue weighted by Crippen LogP contribution is -2.30. The zero-order valence-corrected chi connectivity index (χ0v) is 10.5. The molecule has 0 aliphatic rings. The molecule has 4 heteroatoms. The number of nitrogens with one attached hydrogen (secondary N) is 2. The lowest BCUT2D eigenvalue weighted by Gasteiger charge is -2.12. The molecule has 0 saturated carbocycles. The molecule has 0 heterocycles. The number of hydrogen-bond acceptors (Lipinski definition) is 2. The minimum atomic E-state index is -0.304. The molecule has 0 aliphatic carbocycles. The van der Waals surface area contributed by atoms with Crippen LogP contribution in [0, 0.1) is 18.7 Å². The maximum Gasteiger partial charge on any atom is 0.228 e. The van der Waals surface area contributed by atoms with Crippen LogP contribution >= 0.6 is 0 Å². The minimum absolute atomic E-state index is 0.103. The monoisotopic (exact) mass is 238 g/mol. The summed E-state index contributed by atoms with van der Waals surface area (Å²) in [5, 5.41) is 5.80. The molecule has 0 saturated heterocycles. The SMILES string of the molecule is CCNCC(C)C(=O)Nc1ccc(C)c(F)c1. The van der Waals surface area contributed by atoms with Crippen LogP contribution < -0.4 is 10.6 Å². The van der Waals surface area contributed by atoms with Crippen LogP contribution in [0.25, 0.3) is 0 Å². The topological polar surface area (TPSA) is 41.1 Å². The number of benzene rings is 1. The molecule has 1 atom stereocenters. The van der Waals surface area contributed by atoms with E-state index in [0.717, 1.165) is 6.54 Å². The predicted octanol–water partition coefficient (Wildman–Crippen LogP) is 2.32. The molecule has 1 aromatic carbocycles. The van der Waals surface area contributed by atoms with Crippen molar-refractivity contribution in [1.29, 1.82) is 0 Å². The molecule has 0 bridgehead atoms. The van der Waals surface area contributed by atoms with E-state index in [1.165, 1.54) is 6.07 Å². The summed E-state index contributed by atoms with van der Waals surface area (Å²) in [6.45, 7) is 6.96. The van der Waals surface area contributed by atoms with Gasteiger partial charge in [0.15, 0.2) is 0 Å². The summed E-state index contributed by atoms with van der Waals surface area (Å²) in [7, 11) is 0. The van der Waals surface area contributed by atoms with Crippen molar-refractivity contribution < 1.29 is 9.18 Å². The molecule has 0 aromatic heterocycles. The molecule has 1 aromatic rings. The van der Waals surface area contributed by atoms with Crippen LogP contribution in [0.4, 0.5) is 10.1 Å². The molecule has 0 spiro atoms. The molecule has 0 aliphatic heterocycles. The molecule has 17 heavy (non-hydrogen) atoms. The van der Waals surface area contributed by atoms with E-state index in [1.54, 1.807) is 19.1 Å². The number of carbonyl (C=O) groups is 1. The van der Waals surface area contributed by atoms with Gasteiger partial charge in [0, 0.05) is 18.2 Å². The maximum atomic E-state index is 13.3. The molecule has 1 rings (SSSR count). The van der Waals surface area contributed by atoms with E-state index in [-0.39, 0.29) is 17.6 Å². The van der Waals surface area contributed by atoms with Crippen molar-refractivity contribution in [3.8, 4) is 0 Å². The lowest BCUT2D eigenvalue weighted by molar-refractivity contribution is -0.119. The molecular formula is C13H19FN2O. The highest BCUT2D eigenvalue weighted by molar-refractivity contribution is 5.92. The Morgan fingerprint density at radius 3 is 2.76 bits per heavy atom. The Bertz CT molecular complexity index is 393. The number of halogens is 1. The minimum Gasteiger partial charge on any atom is -0.326 e. The molecule has 1 amide bonds. The molecular weight excluding hydrogens is 219 g/mol. The third-order valence-electron chi connectivity index (χ3n) is 2.59. The number of carbonyl (C=O) groups excluding carboxylic acids is 1. The van der Waals surface area contributed by atoms with Gasteiger partial charge in [-0.05, 0) is 31.2 Å². The van der Waals surface area contributed by atoms with Crippen LogP contribution in [0.5, 0.6) is 0 Å². The van der Waals surface area contributed by atoms with E-state index in [1.807, 2.05) is 13.8 Å². The van der Waals surface area contributed by atoms with Crippen molar-refractivity contribution in [3.63, 3.8) is 0 Å². The quantitative estimate of drug-likeness (QED) is 0.826. The van der Waals surface area contributed by atoms with Crippen LogP contribution in [0.2, 0.25) is 0 Å². The number of anilines is 1. The smallest absolute Gasteiger partial charge is 0.228 e. The number of amides is 1. The number of hydrogen-bond donors (Lipinski definition) is 2. The van der Waals surface area contributed by atoms with Crippen LogP contribution in [-0.2, 0) is 4.79 Å². The van der Waals surface area contributed by atoms with Gasteiger partial charge in [0.25, 0.3) is 0 Å². The van der Waals surface area contributed by atoms with Gasteiger partial charge in [-0.15, -0.1) is 0 Å². The highest BCUT2D eigenvalue weighted by atomic mass is 19.1. The van der Waals surface area contributed by atoms with E-state index in [2.05, 4.69) is 10.6 Å². The third-order valence-corrected chi connectivity index (χ3v) is 2.59. The van der Waals surface area contributed by atoms with E-state index in [0.29, 0.717) is 17.8 Å². The first kappa shape index (κ1) is 13.6. The first-order valence-corrected chi connectivity index (χ1v) is 5.82. The predicted molar refractivity (Wildman–Crippen MR) is 67.5 cm³/mol. The lowest BCUT2D eigenvalue weighted by atomic mass is 10.1. The zero-order chi connectivity index (χ0) is 12.8.